The Morgan fingerprint density at radius 1 is 1.50 bits per heavy atom. The maximum Gasteiger partial charge on any atom is 0.329 e. The van der Waals surface area contributed by atoms with Gasteiger partial charge in [-0.1, -0.05) is 6.92 Å². The van der Waals surface area contributed by atoms with Gasteiger partial charge < -0.3 is 14.8 Å². The molecule has 88 valence electrons. The molecule has 2 N–H and O–H groups in total. The molecule has 1 heterocycles. The van der Waals surface area contributed by atoms with E-state index in [-0.39, 0.29) is 5.76 Å². The highest BCUT2D eigenvalue weighted by Crippen LogP contribution is 2.12. The Balaban J connectivity index is 2.81. The Kier molecular flexibility index (Phi) is 3.37. The number of carbonyl (C=O) groups is 2. The second kappa shape index (κ2) is 4.38. The van der Waals surface area contributed by atoms with Crippen LogP contribution in [-0.4, -0.2) is 22.5 Å². The Hall–Kier alpha value is -1.78. The number of aryl methyl sites for hydroxylation is 1. The van der Waals surface area contributed by atoms with Crippen molar-refractivity contribution in [3.8, 4) is 0 Å². The minimum absolute atomic E-state index is 0.124. The molecule has 0 radical (unpaired) electrons. The second-order valence-corrected chi connectivity index (χ2v) is 3.86. The fraction of sp³-hybridized carbons (Fsp3) is 0.455. The number of carbonyl (C=O) groups excluding carboxylic acids is 1. The number of carboxylic acids is 1. The molecule has 0 saturated heterocycles. The first-order valence-corrected chi connectivity index (χ1v) is 5.01. The summed E-state index contributed by atoms with van der Waals surface area (Å²) < 4.78 is 5.11. The molecule has 5 nitrogen and oxygen atoms in total. The highest BCUT2D eigenvalue weighted by Gasteiger charge is 2.33. The summed E-state index contributed by atoms with van der Waals surface area (Å²) in [6.07, 6.45) is 0.299. The van der Waals surface area contributed by atoms with Crippen LogP contribution < -0.4 is 5.32 Å². The van der Waals surface area contributed by atoms with Crippen LogP contribution in [0.25, 0.3) is 0 Å². The first kappa shape index (κ1) is 12.3. The Morgan fingerprint density at radius 3 is 2.50 bits per heavy atom. The monoisotopic (exact) mass is 225 g/mol. The second-order valence-electron chi connectivity index (χ2n) is 3.86. The van der Waals surface area contributed by atoms with Crippen molar-refractivity contribution in [1.29, 1.82) is 0 Å². The third-order valence-corrected chi connectivity index (χ3v) is 2.53. The van der Waals surface area contributed by atoms with Gasteiger partial charge in [-0.3, -0.25) is 4.79 Å². The van der Waals surface area contributed by atoms with Crippen LogP contribution >= 0.6 is 0 Å². The van der Waals surface area contributed by atoms with E-state index >= 15 is 0 Å². The van der Waals surface area contributed by atoms with E-state index in [2.05, 4.69) is 5.32 Å². The van der Waals surface area contributed by atoms with E-state index in [0.717, 1.165) is 0 Å². The van der Waals surface area contributed by atoms with Gasteiger partial charge in [0.1, 0.15) is 11.3 Å². The number of hydrogen-bond donors (Lipinski definition) is 2. The fourth-order valence-electron chi connectivity index (χ4n) is 1.16. The van der Waals surface area contributed by atoms with Crippen molar-refractivity contribution in [3.63, 3.8) is 0 Å². The van der Waals surface area contributed by atoms with Crippen molar-refractivity contribution < 1.29 is 19.1 Å². The predicted molar refractivity (Wildman–Crippen MR) is 57.2 cm³/mol. The van der Waals surface area contributed by atoms with Crippen LogP contribution in [0.2, 0.25) is 0 Å². The zero-order valence-corrected chi connectivity index (χ0v) is 9.53. The van der Waals surface area contributed by atoms with Crippen molar-refractivity contribution >= 4 is 11.9 Å². The maximum absolute atomic E-state index is 11.7. The zero-order chi connectivity index (χ0) is 12.3. The molecule has 1 unspecified atom stereocenters. The fourth-order valence-corrected chi connectivity index (χ4v) is 1.16. The first-order valence-electron chi connectivity index (χ1n) is 5.01. The molecule has 0 aliphatic carbocycles. The van der Waals surface area contributed by atoms with E-state index in [4.69, 9.17) is 9.52 Å². The van der Waals surface area contributed by atoms with Crippen LogP contribution in [0.4, 0.5) is 0 Å². The average molecular weight is 225 g/mol. The summed E-state index contributed by atoms with van der Waals surface area (Å²) >= 11 is 0. The van der Waals surface area contributed by atoms with Gasteiger partial charge in [-0.25, -0.2) is 4.79 Å². The lowest BCUT2D eigenvalue weighted by atomic mass is 9.99. The van der Waals surface area contributed by atoms with Gasteiger partial charge in [-0.05, 0) is 32.4 Å². The van der Waals surface area contributed by atoms with Crippen LogP contribution in [0.3, 0.4) is 0 Å². The molecule has 0 fully saturated rings. The smallest absolute Gasteiger partial charge is 0.329 e. The summed E-state index contributed by atoms with van der Waals surface area (Å²) in [7, 11) is 0. The van der Waals surface area contributed by atoms with Crippen LogP contribution in [0.1, 0.15) is 36.6 Å². The summed E-state index contributed by atoms with van der Waals surface area (Å²) in [5, 5.41) is 11.4. The number of hydrogen-bond acceptors (Lipinski definition) is 3. The highest BCUT2D eigenvalue weighted by molar-refractivity contribution is 5.95. The van der Waals surface area contributed by atoms with E-state index in [1.165, 1.54) is 13.0 Å². The molecule has 1 aromatic heterocycles. The Bertz CT molecular complexity index is 410. The van der Waals surface area contributed by atoms with E-state index < -0.39 is 17.4 Å². The standard InChI is InChI=1S/C11H15NO4/c1-4-11(3,10(14)15)12-9(13)8-6-5-7(2)16-8/h5-6H,4H2,1-3H3,(H,12,13)(H,14,15). The molecule has 1 rings (SSSR count). The summed E-state index contributed by atoms with van der Waals surface area (Å²) in [4.78, 5) is 22.6. The predicted octanol–water partition coefficient (Wildman–Crippen LogP) is 1.57. The molecule has 1 aromatic rings. The molecule has 1 atom stereocenters. The lowest BCUT2D eigenvalue weighted by molar-refractivity contribution is -0.143. The minimum atomic E-state index is -1.27. The van der Waals surface area contributed by atoms with Crippen molar-refractivity contribution in [2.75, 3.05) is 0 Å². The summed E-state index contributed by atoms with van der Waals surface area (Å²) in [5.41, 5.74) is -1.27. The number of rotatable bonds is 4. The van der Waals surface area contributed by atoms with Gasteiger partial charge in [0, 0.05) is 0 Å². The minimum Gasteiger partial charge on any atom is -0.480 e. The lowest BCUT2D eigenvalue weighted by Gasteiger charge is -2.23. The van der Waals surface area contributed by atoms with Crippen molar-refractivity contribution in [3.05, 3.63) is 23.7 Å². The molecule has 5 heteroatoms. The average Bonchev–Trinajstić information content (AvgIpc) is 2.64. The van der Waals surface area contributed by atoms with Crippen molar-refractivity contribution in [1.82, 2.24) is 5.32 Å². The third kappa shape index (κ3) is 2.42. The molecule has 16 heavy (non-hydrogen) atoms. The van der Waals surface area contributed by atoms with Crippen LogP contribution in [-0.2, 0) is 4.79 Å². The molecule has 0 aliphatic rings. The van der Waals surface area contributed by atoms with Crippen LogP contribution in [0.15, 0.2) is 16.5 Å². The van der Waals surface area contributed by atoms with E-state index in [9.17, 15) is 9.59 Å². The first-order chi connectivity index (χ1) is 7.39. The van der Waals surface area contributed by atoms with Crippen LogP contribution in [0.5, 0.6) is 0 Å². The van der Waals surface area contributed by atoms with E-state index in [1.807, 2.05) is 0 Å². The topological polar surface area (TPSA) is 79.5 Å². The van der Waals surface area contributed by atoms with Gasteiger partial charge in [0.25, 0.3) is 5.91 Å². The zero-order valence-electron chi connectivity index (χ0n) is 9.53. The summed E-state index contributed by atoms with van der Waals surface area (Å²) in [6, 6.07) is 3.17. The highest BCUT2D eigenvalue weighted by atomic mass is 16.4. The van der Waals surface area contributed by atoms with E-state index in [1.54, 1.807) is 19.9 Å². The third-order valence-electron chi connectivity index (χ3n) is 2.53. The molecule has 0 aromatic carbocycles. The summed E-state index contributed by atoms with van der Waals surface area (Å²) in [6.45, 7) is 4.87. The molecular formula is C11H15NO4. The van der Waals surface area contributed by atoms with Crippen molar-refractivity contribution in [2.24, 2.45) is 0 Å². The number of aliphatic carboxylic acids is 1. The molecule has 0 bridgehead atoms. The van der Waals surface area contributed by atoms with E-state index in [0.29, 0.717) is 12.2 Å². The number of nitrogens with one attached hydrogen (secondary N) is 1. The number of furan rings is 1. The van der Waals surface area contributed by atoms with Gasteiger partial charge in [0.05, 0.1) is 0 Å². The lowest BCUT2D eigenvalue weighted by Crippen LogP contribution is -2.51. The van der Waals surface area contributed by atoms with Gasteiger partial charge >= 0.3 is 5.97 Å². The molecule has 1 amide bonds. The SMILES string of the molecule is CCC(C)(NC(=O)c1ccc(C)o1)C(=O)O. The maximum atomic E-state index is 11.7. The quantitative estimate of drug-likeness (QED) is 0.815. The largest absolute Gasteiger partial charge is 0.480 e. The van der Waals surface area contributed by atoms with Crippen molar-refractivity contribution in [2.45, 2.75) is 32.7 Å². The Labute approximate surface area is 93.4 Å². The van der Waals surface area contributed by atoms with Gasteiger partial charge in [0.2, 0.25) is 0 Å². The Morgan fingerprint density at radius 2 is 2.12 bits per heavy atom. The molecule has 0 spiro atoms. The molecular weight excluding hydrogens is 210 g/mol. The van der Waals surface area contributed by atoms with Gasteiger partial charge in [-0.2, -0.15) is 0 Å². The number of amides is 1. The summed E-state index contributed by atoms with van der Waals surface area (Å²) in [5.74, 6) is -0.844. The normalized spacial score (nSPS) is 14.2. The van der Waals surface area contributed by atoms with Crippen LogP contribution in [0, 0.1) is 6.92 Å². The number of carboxylic acid groups (broad SMARTS) is 1. The van der Waals surface area contributed by atoms with Gasteiger partial charge in [-0.15, -0.1) is 0 Å². The van der Waals surface area contributed by atoms with Gasteiger partial charge in [0.15, 0.2) is 5.76 Å². The molecule has 0 saturated carbocycles. The molecule has 0 aliphatic heterocycles.